The molecule has 0 unspecified atom stereocenters. The highest BCUT2D eigenvalue weighted by Gasteiger charge is 2.06. The molecule has 2 aromatic carbocycles. The summed E-state index contributed by atoms with van der Waals surface area (Å²) in [5.41, 5.74) is 3.74. The first-order valence-electron chi connectivity index (χ1n) is 8.80. The van der Waals surface area contributed by atoms with E-state index < -0.39 is 0 Å². The number of nitrogens with one attached hydrogen (secondary N) is 2. The second-order valence-electron chi connectivity index (χ2n) is 6.03. The standard InChI is InChI=1S/C21H22N4O2/c1-3-27-20(26)17-8-10-18(11-9-17)24-19-12-13-22-21(25-19)23-14-16-6-4-15(2)5-7-16/h4-13H,3,14H2,1-2H3,(H2,22,23,24,25). The third-order valence-corrected chi connectivity index (χ3v) is 3.90. The topological polar surface area (TPSA) is 76.1 Å². The van der Waals surface area contributed by atoms with Crippen molar-refractivity contribution in [2.24, 2.45) is 0 Å². The highest BCUT2D eigenvalue weighted by Crippen LogP contribution is 2.17. The van der Waals surface area contributed by atoms with E-state index in [-0.39, 0.29) is 5.97 Å². The molecule has 0 amide bonds. The van der Waals surface area contributed by atoms with Crippen LogP contribution < -0.4 is 10.6 Å². The van der Waals surface area contributed by atoms with E-state index in [1.807, 2.05) is 12.1 Å². The van der Waals surface area contributed by atoms with E-state index in [1.54, 1.807) is 31.3 Å². The Morgan fingerprint density at radius 3 is 2.48 bits per heavy atom. The average Bonchev–Trinajstić information content (AvgIpc) is 2.69. The number of nitrogens with zero attached hydrogens (tertiary/aromatic N) is 2. The van der Waals surface area contributed by atoms with Gasteiger partial charge in [-0.1, -0.05) is 29.8 Å². The van der Waals surface area contributed by atoms with Crippen molar-refractivity contribution in [1.82, 2.24) is 9.97 Å². The lowest BCUT2D eigenvalue weighted by atomic mass is 10.1. The number of hydrogen-bond donors (Lipinski definition) is 2. The average molecular weight is 362 g/mol. The SMILES string of the molecule is CCOC(=O)c1ccc(Nc2ccnc(NCc3ccc(C)cc3)n2)cc1. The molecular formula is C21H22N4O2. The van der Waals surface area contributed by atoms with Crippen molar-refractivity contribution < 1.29 is 9.53 Å². The minimum atomic E-state index is -0.325. The van der Waals surface area contributed by atoms with Crippen LogP contribution in [0.2, 0.25) is 0 Å². The van der Waals surface area contributed by atoms with E-state index in [4.69, 9.17) is 4.74 Å². The van der Waals surface area contributed by atoms with Gasteiger partial charge in [0.1, 0.15) is 5.82 Å². The number of esters is 1. The summed E-state index contributed by atoms with van der Waals surface area (Å²) >= 11 is 0. The van der Waals surface area contributed by atoms with E-state index in [2.05, 4.69) is 51.8 Å². The third kappa shape index (κ3) is 5.28. The maximum Gasteiger partial charge on any atom is 0.338 e. The second-order valence-corrected chi connectivity index (χ2v) is 6.03. The summed E-state index contributed by atoms with van der Waals surface area (Å²) in [7, 11) is 0. The van der Waals surface area contributed by atoms with Crippen LogP contribution in [0.25, 0.3) is 0 Å². The van der Waals surface area contributed by atoms with Crippen molar-refractivity contribution in [2.75, 3.05) is 17.2 Å². The third-order valence-electron chi connectivity index (χ3n) is 3.90. The minimum absolute atomic E-state index is 0.325. The van der Waals surface area contributed by atoms with Gasteiger partial charge in [0.15, 0.2) is 0 Å². The van der Waals surface area contributed by atoms with E-state index in [1.165, 1.54) is 5.56 Å². The molecule has 0 bridgehead atoms. The summed E-state index contributed by atoms with van der Waals surface area (Å²) in [6.45, 7) is 4.86. The molecule has 1 heterocycles. The molecule has 6 nitrogen and oxygen atoms in total. The summed E-state index contributed by atoms with van der Waals surface area (Å²) in [5.74, 6) is 0.887. The van der Waals surface area contributed by atoms with Gasteiger partial charge in [0, 0.05) is 18.4 Å². The molecule has 2 N–H and O–H groups in total. The van der Waals surface area contributed by atoms with Gasteiger partial charge in [-0.15, -0.1) is 0 Å². The monoisotopic (exact) mass is 362 g/mol. The number of carbonyl (C=O) groups excluding carboxylic acids is 1. The van der Waals surface area contributed by atoms with Crippen molar-refractivity contribution >= 4 is 23.4 Å². The molecule has 0 radical (unpaired) electrons. The maximum atomic E-state index is 11.7. The van der Waals surface area contributed by atoms with Gasteiger partial charge in [0.05, 0.1) is 12.2 Å². The Morgan fingerprint density at radius 2 is 1.78 bits per heavy atom. The second kappa shape index (κ2) is 8.80. The van der Waals surface area contributed by atoms with Crippen LogP contribution in [0, 0.1) is 6.92 Å². The van der Waals surface area contributed by atoms with Crippen LogP contribution in [0.5, 0.6) is 0 Å². The molecule has 0 aliphatic heterocycles. The number of anilines is 3. The fourth-order valence-electron chi connectivity index (χ4n) is 2.45. The zero-order valence-corrected chi connectivity index (χ0v) is 15.4. The number of rotatable bonds is 7. The highest BCUT2D eigenvalue weighted by atomic mass is 16.5. The summed E-state index contributed by atoms with van der Waals surface area (Å²) in [4.78, 5) is 20.4. The Kier molecular flexibility index (Phi) is 5.99. The Balaban J connectivity index is 1.61. The van der Waals surface area contributed by atoms with Crippen molar-refractivity contribution in [3.8, 4) is 0 Å². The number of aromatic nitrogens is 2. The van der Waals surface area contributed by atoms with Crippen LogP contribution in [-0.4, -0.2) is 22.5 Å². The first-order valence-corrected chi connectivity index (χ1v) is 8.80. The fraction of sp³-hybridized carbons (Fsp3) is 0.190. The van der Waals surface area contributed by atoms with Gasteiger partial charge in [-0.3, -0.25) is 0 Å². The summed E-state index contributed by atoms with van der Waals surface area (Å²) in [6.07, 6.45) is 1.69. The van der Waals surface area contributed by atoms with Crippen molar-refractivity contribution in [2.45, 2.75) is 20.4 Å². The number of aryl methyl sites for hydroxylation is 1. The van der Waals surface area contributed by atoms with E-state index >= 15 is 0 Å². The van der Waals surface area contributed by atoms with Crippen LogP contribution in [0.3, 0.4) is 0 Å². The van der Waals surface area contributed by atoms with Gasteiger partial charge < -0.3 is 15.4 Å². The lowest BCUT2D eigenvalue weighted by Gasteiger charge is -2.09. The minimum Gasteiger partial charge on any atom is -0.462 e. The van der Waals surface area contributed by atoms with Crippen LogP contribution in [0.15, 0.2) is 60.8 Å². The van der Waals surface area contributed by atoms with Gasteiger partial charge in [-0.2, -0.15) is 4.98 Å². The predicted octanol–water partition coefficient (Wildman–Crippen LogP) is 4.32. The number of ether oxygens (including phenoxy) is 1. The quantitative estimate of drug-likeness (QED) is 0.610. The molecule has 0 aliphatic carbocycles. The van der Waals surface area contributed by atoms with Crippen LogP contribution in [0.4, 0.5) is 17.5 Å². The predicted molar refractivity (Wildman–Crippen MR) is 106 cm³/mol. The highest BCUT2D eigenvalue weighted by molar-refractivity contribution is 5.89. The first kappa shape index (κ1) is 18.4. The normalized spacial score (nSPS) is 10.3. The maximum absolute atomic E-state index is 11.7. The van der Waals surface area contributed by atoms with Gasteiger partial charge in [0.25, 0.3) is 0 Å². The summed E-state index contributed by atoms with van der Waals surface area (Å²) in [5, 5.41) is 6.43. The van der Waals surface area contributed by atoms with Crippen LogP contribution >= 0.6 is 0 Å². The number of hydrogen-bond acceptors (Lipinski definition) is 6. The smallest absolute Gasteiger partial charge is 0.338 e. The van der Waals surface area contributed by atoms with Crippen molar-refractivity contribution in [3.63, 3.8) is 0 Å². The van der Waals surface area contributed by atoms with E-state index in [9.17, 15) is 4.79 Å². The zero-order valence-electron chi connectivity index (χ0n) is 15.4. The first-order chi connectivity index (χ1) is 13.1. The molecule has 6 heteroatoms. The molecule has 0 spiro atoms. The van der Waals surface area contributed by atoms with Crippen molar-refractivity contribution in [1.29, 1.82) is 0 Å². The Morgan fingerprint density at radius 1 is 1.04 bits per heavy atom. The summed E-state index contributed by atoms with van der Waals surface area (Å²) in [6, 6.07) is 17.2. The Labute approximate surface area is 158 Å². The van der Waals surface area contributed by atoms with E-state index in [0.717, 1.165) is 11.3 Å². The van der Waals surface area contributed by atoms with Gasteiger partial charge in [0.2, 0.25) is 5.95 Å². The lowest BCUT2D eigenvalue weighted by Crippen LogP contribution is -2.05. The van der Waals surface area contributed by atoms with Gasteiger partial charge in [-0.05, 0) is 49.7 Å². The molecule has 27 heavy (non-hydrogen) atoms. The molecule has 3 rings (SSSR count). The Hall–Kier alpha value is -3.41. The molecule has 3 aromatic rings. The number of benzene rings is 2. The molecule has 138 valence electrons. The largest absolute Gasteiger partial charge is 0.462 e. The van der Waals surface area contributed by atoms with Crippen LogP contribution in [-0.2, 0) is 11.3 Å². The van der Waals surface area contributed by atoms with Gasteiger partial charge in [-0.25, -0.2) is 9.78 Å². The summed E-state index contributed by atoms with van der Waals surface area (Å²) < 4.78 is 4.98. The van der Waals surface area contributed by atoms with Crippen molar-refractivity contribution in [3.05, 3.63) is 77.5 Å². The molecular weight excluding hydrogens is 340 g/mol. The van der Waals surface area contributed by atoms with E-state index in [0.29, 0.717) is 30.5 Å². The fourth-order valence-corrected chi connectivity index (χ4v) is 2.45. The Bertz CT molecular complexity index is 893. The zero-order chi connectivity index (χ0) is 19.1. The molecule has 0 saturated heterocycles. The molecule has 0 fully saturated rings. The molecule has 0 saturated carbocycles. The van der Waals surface area contributed by atoms with Crippen LogP contribution in [0.1, 0.15) is 28.4 Å². The molecule has 1 aromatic heterocycles. The molecule has 0 aliphatic rings. The van der Waals surface area contributed by atoms with Gasteiger partial charge >= 0.3 is 5.97 Å². The molecule has 0 atom stereocenters. The number of carbonyl (C=O) groups is 1. The lowest BCUT2D eigenvalue weighted by molar-refractivity contribution is 0.0526.